The number of nitrogens with zero attached hydrogens (tertiary/aromatic N) is 2. The largest absolute Gasteiger partial charge is 0.547 e. The Labute approximate surface area is 127 Å². The minimum atomic E-state index is -3.53. The molecule has 4 nitrogen and oxygen atoms in total. The molecule has 6 heteroatoms. The van der Waals surface area contributed by atoms with E-state index in [0.29, 0.717) is 0 Å². The van der Waals surface area contributed by atoms with Gasteiger partial charge >= 0.3 is 0 Å². The minimum Gasteiger partial charge on any atom is -0.547 e. The Morgan fingerprint density at radius 1 is 1.24 bits per heavy atom. The number of aromatic nitrogens is 1. The van der Waals surface area contributed by atoms with E-state index in [9.17, 15) is 8.42 Å². The summed E-state index contributed by atoms with van der Waals surface area (Å²) in [6.45, 7) is 0. The van der Waals surface area contributed by atoms with Crippen molar-refractivity contribution in [1.29, 1.82) is 0 Å². The first kappa shape index (κ1) is 16.6. The third kappa shape index (κ3) is 3.55. The second-order valence-corrected chi connectivity index (χ2v) is 4.81. The van der Waals surface area contributed by atoms with Crippen LogP contribution in [0, 0.1) is 7.43 Å². The van der Waals surface area contributed by atoms with Gasteiger partial charge in [0.15, 0.2) is 0 Å². The first-order chi connectivity index (χ1) is 7.13. The van der Waals surface area contributed by atoms with E-state index in [4.69, 9.17) is 0 Å². The Balaban J connectivity index is 0.00000128. The zero-order chi connectivity index (χ0) is 10.9. The SMILES string of the molecule is C[N-]S(=O)(=O)c1cnc2ccccc2c1.[CH3-].[Y]. The van der Waals surface area contributed by atoms with Crippen molar-refractivity contribution in [3.8, 4) is 0 Å². The average molecular weight is 325 g/mol. The summed E-state index contributed by atoms with van der Waals surface area (Å²) in [5, 5.41) is 0.794. The van der Waals surface area contributed by atoms with Crippen LogP contribution in [0.3, 0.4) is 0 Å². The molecule has 0 saturated carbocycles. The molecule has 1 aromatic carbocycles. The molecule has 89 valence electrons. The van der Waals surface area contributed by atoms with Gasteiger partial charge < -0.3 is 12.1 Å². The molecule has 0 aliphatic heterocycles. The standard InChI is InChI=1S/C10H9N2O2S.CH3.Y/c1-11-15(13,14)9-6-8-4-2-3-5-10(8)12-7-9;;/h2-7H,1H3;1H3;/q2*-1;. The van der Waals surface area contributed by atoms with Crippen LogP contribution in [0.2, 0.25) is 0 Å². The first-order valence-electron chi connectivity index (χ1n) is 4.34. The van der Waals surface area contributed by atoms with Crippen LogP contribution in [-0.4, -0.2) is 20.4 Å². The van der Waals surface area contributed by atoms with E-state index in [0.717, 1.165) is 10.9 Å². The molecular formula is C11H12N2O2SY-2. The van der Waals surface area contributed by atoms with Crippen molar-refractivity contribution < 1.29 is 41.1 Å². The van der Waals surface area contributed by atoms with Crippen LogP contribution in [0.15, 0.2) is 41.4 Å². The number of fused-ring (bicyclic) bond motifs is 1. The summed E-state index contributed by atoms with van der Waals surface area (Å²) in [4.78, 5) is 4.18. The molecule has 2 rings (SSSR count). The summed E-state index contributed by atoms with van der Waals surface area (Å²) in [6.07, 6.45) is 1.32. The van der Waals surface area contributed by atoms with Gasteiger partial charge in [-0.1, -0.05) is 18.2 Å². The van der Waals surface area contributed by atoms with E-state index >= 15 is 0 Å². The maximum absolute atomic E-state index is 11.4. The fourth-order valence-corrected chi connectivity index (χ4v) is 1.97. The first-order valence-corrected chi connectivity index (χ1v) is 5.78. The van der Waals surface area contributed by atoms with Crippen LogP contribution in [0.1, 0.15) is 0 Å². The van der Waals surface area contributed by atoms with Crippen molar-refractivity contribution >= 4 is 20.9 Å². The van der Waals surface area contributed by atoms with Crippen LogP contribution in [0.25, 0.3) is 15.6 Å². The predicted molar refractivity (Wildman–Crippen MR) is 64.6 cm³/mol. The molecule has 0 aliphatic carbocycles. The molecule has 1 radical (unpaired) electrons. The molecule has 0 saturated heterocycles. The molecule has 17 heavy (non-hydrogen) atoms. The molecule has 0 amide bonds. The van der Waals surface area contributed by atoms with Gasteiger partial charge in [0.05, 0.1) is 10.4 Å². The molecular weight excluding hydrogens is 313 g/mol. The Kier molecular flexibility index (Phi) is 6.41. The van der Waals surface area contributed by atoms with Gasteiger partial charge in [-0.3, -0.25) is 4.98 Å². The minimum absolute atomic E-state index is 0. The van der Waals surface area contributed by atoms with Crippen molar-refractivity contribution in [2.24, 2.45) is 0 Å². The number of pyridine rings is 1. The Bertz CT molecular complexity index is 599. The van der Waals surface area contributed by atoms with Crippen molar-refractivity contribution in [2.45, 2.75) is 4.90 Å². The zero-order valence-electron chi connectivity index (χ0n) is 9.66. The van der Waals surface area contributed by atoms with Crippen LogP contribution < -0.4 is 0 Å². The summed E-state index contributed by atoms with van der Waals surface area (Å²) in [6, 6.07) is 8.91. The molecule has 0 atom stereocenters. The summed E-state index contributed by atoms with van der Waals surface area (Å²) in [7, 11) is -2.27. The monoisotopic (exact) mass is 325 g/mol. The molecule has 1 aromatic heterocycles. The van der Waals surface area contributed by atoms with Crippen molar-refractivity contribution in [3.05, 3.63) is 48.7 Å². The second kappa shape index (κ2) is 6.54. The number of sulfonamides is 1. The van der Waals surface area contributed by atoms with Gasteiger partial charge in [-0.15, -0.1) is 0 Å². The number of benzene rings is 1. The summed E-state index contributed by atoms with van der Waals surface area (Å²) in [5.74, 6) is 0. The van der Waals surface area contributed by atoms with E-state index in [1.165, 1.54) is 13.2 Å². The number of hydrogen-bond acceptors (Lipinski definition) is 3. The smallest absolute Gasteiger partial charge is 0.102 e. The van der Waals surface area contributed by atoms with E-state index in [1.807, 2.05) is 24.3 Å². The van der Waals surface area contributed by atoms with Gasteiger partial charge in [0.2, 0.25) is 0 Å². The normalized spacial score (nSPS) is 10.4. The van der Waals surface area contributed by atoms with E-state index < -0.39 is 10.0 Å². The maximum Gasteiger partial charge on any atom is 0.102 e. The second-order valence-electron chi connectivity index (χ2n) is 3.02. The summed E-state index contributed by atoms with van der Waals surface area (Å²) in [5.41, 5.74) is 0.771. The maximum atomic E-state index is 11.4. The molecule has 0 bridgehead atoms. The van der Waals surface area contributed by atoms with Gasteiger partial charge in [-0.2, -0.15) is 7.05 Å². The van der Waals surface area contributed by atoms with E-state index in [-0.39, 0.29) is 45.0 Å². The zero-order valence-corrected chi connectivity index (χ0v) is 13.3. The van der Waals surface area contributed by atoms with Gasteiger partial charge in [0.1, 0.15) is 10.0 Å². The molecule has 0 aliphatic rings. The quantitative estimate of drug-likeness (QED) is 0.797. The Morgan fingerprint density at radius 2 is 1.88 bits per heavy atom. The number of para-hydroxylation sites is 1. The number of rotatable bonds is 2. The molecule has 2 aromatic rings. The van der Waals surface area contributed by atoms with Gasteiger partial charge in [-0.25, -0.2) is 8.42 Å². The topological polar surface area (TPSA) is 61.1 Å². The summed E-state index contributed by atoms with van der Waals surface area (Å²) >= 11 is 0. The molecule has 0 fully saturated rings. The fourth-order valence-electron chi connectivity index (χ4n) is 1.30. The fraction of sp³-hybridized carbons (Fsp3) is 0.0909. The third-order valence-electron chi connectivity index (χ3n) is 2.10. The Hall–Kier alpha value is -0.356. The van der Waals surface area contributed by atoms with Crippen LogP contribution >= 0.6 is 0 Å². The third-order valence-corrected chi connectivity index (χ3v) is 3.40. The summed E-state index contributed by atoms with van der Waals surface area (Å²) < 4.78 is 26.2. The van der Waals surface area contributed by atoms with Crippen molar-refractivity contribution in [1.82, 2.24) is 4.98 Å². The molecule has 1 heterocycles. The molecule has 0 unspecified atom stereocenters. The Morgan fingerprint density at radius 3 is 2.53 bits per heavy atom. The van der Waals surface area contributed by atoms with Crippen LogP contribution in [0.5, 0.6) is 0 Å². The number of hydrogen-bond donors (Lipinski definition) is 0. The van der Waals surface area contributed by atoms with Gasteiger partial charge in [0, 0.05) is 44.3 Å². The van der Waals surface area contributed by atoms with Crippen molar-refractivity contribution in [2.75, 3.05) is 7.05 Å². The molecule has 0 spiro atoms. The van der Waals surface area contributed by atoms with Crippen LogP contribution in [0.4, 0.5) is 0 Å². The van der Waals surface area contributed by atoms with Gasteiger partial charge in [-0.05, 0) is 12.1 Å². The predicted octanol–water partition coefficient (Wildman–Crippen LogP) is 2.37. The van der Waals surface area contributed by atoms with E-state index in [2.05, 4.69) is 9.71 Å². The molecule has 0 N–H and O–H groups in total. The van der Waals surface area contributed by atoms with Gasteiger partial charge in [0.25, 0.3) is 0 Å². The van der Waals surface area contributed by atoms with Crippen LogP contribution in [-0.2, 0) is 42.7 Å². The van der Waals surface area contributed by atoms with Crippen molar-refractivity contribution in [3.63, 3.8) is 0 Å². The van der Waals surface area contributed by atoms with E-state index in [1.54, 1.807) is 6.07 Å². The average Bonchev–Trinajstić information content (AvgIpc) is 2.28.